The molecule has 1 amide bonds. The van der Waals surface area contributed by atoms with Crippen molar-refractivity contribution in [1.82, 2.24) is 5.32 Å². The summed E-state index contributed by atoms with van der Waals surface area (Å²) >= 11 is 0. The van der Waals surface area contributed by atoms with E-state index < -0.39 is 8.80 Å². The molecule has 0 aromatic rings. The van der Waals surface area contributed by atoms with E-state index in [1.807, 2.05) is 20.8 Å². The Bertz CT molecular complexity index is 223. The quantitative estimate of drug-likeness (QED) is 0.718. The van der Waals surface area contributed by atoms with E-state index in [4.69, 9.17) is 13.3 Å². The lowest BCUT2D eigenvalue weighted by Gasteiger charge is -2.24. The Morgan fingerprint density at radius 1 is 1.22 bits per heavy atom. The first-order valence-electron chi connectivity index (χ1n) is 6.46. The van der Waals surface area contributed by atoms with Gasteiger partial charge >= 0.3 is 8.80 Å². The van der Waals surface area contributed by atoms with Crippen molar-refractivity contribution in [3.05, 3.63) is 12.3 Å². The monoisotopic (exact) mass is 275 g/mol. The molecule has 0 unspecified atom stereocenters. The smallest absolute Gasteiger partial charge is 0.371 e. The predicted molar refractivity (Wildman–Crippen MR) is 73.1 cm³/mol. The lowest BCUT2D eigenvalue weighted by atomic mass is 10.4. The molecule has 0 saturated carbocycles. The van der Waals surface area contributed by atoms with Crippen molar-refractivity contribution < 1.29 is 18.1 Å². The van der Waals surface area contributed by atoms with E-state index in [0.717, 1.165) is 19.4 Å². The van der Waals surface area contributed by atoms with Crippen LogP contribution in [0.25, 0.3) is 0 Å². The van der Waals surface area contributed by atoms with E-state index in [0.29, 0.717) is 19.8 Å². The Kier molecular flexibility index (Phi) is 9.86. The van der Waals surface area contributed by atoms with Crippen LogP contribution in [0.4, 0.5) is 0 Å². The van der Waals surface area contributed by atoms with Gasteiger partial charge in [-0.1, -0.05) is 6.58 Å². The summed E-state index contributed by atoms with van der Waals surface area (Å²) in [7, 11) is -2.51. The summed E-state index contributed by atoms with van der Waals surface area (Å²) in [5.41, 5.74) is 1.67. The first-order valence-corrected chi connectivity index (χ1v) is 8.26. The molecule has 5 nitrogen and oxygen atoms in total. The largest absolute Gasteiger partial charge is 0.528 e. The highest BCUT2D eigenvalue weighted by molar-refractivity contribution is 6.66. The number of hydrogen-bond donors (Lipinski definition) is 1. The Morgan fingerprint density at radius 2 is 1.72 bits per heavy atom. The van der Waals surface area contributed by atoms with Gasteiger partial charge in [0.2, 0.25) is 5.91 Å². The van der Waals surface area contributed by atoms with Crippen molar-refractivity contribution >= 4 is 14.7 Å². The third-order valence-electron chi connectivity index (χ3n) is 2.19. The van der Waals surface area contributed by atoms with E-state index in [1.165, 1.54) is 0 Å². The fourth-order valence-corrected chi connectivity index (χ4v) is 3.28. The van der Waals surface area contributed by atoms with Crippen molar-refractivity contribution in [1.29, 1.82) is 0 Å². The van der Waals surface area contributed by atoms with Crippen LogP contribution in [0.1, 0.15) is 33.6 Å². The van der Waals surface area contributed by atoms with Crippen molar-refractivity contribution in [2.45, 2.75) is 33.6 Å². The van der Waals surface area contributed by atoms with Gasteiger partial charge in [0.25, 0.3) is 0 Å². The van der Waals surface area contributed by atoms with Gasteiger partial charge in [-0.2, -0.15) is 0 Å². The van der Waals surface area contributed by atoms with Crippen LogP contribution in [0, 0.1) is 0 Å². The van der Waals surface area contributed by atoms with Crippen molar-refractivity contribution in [2.24, 2.45) is 0 Å². The van der Waals surface area contributed by atoms with Crippen molar-refractivity contribution in [3.8, 4) is 0 Å². The molecule has 0 aromatic carbocycles. The van der Waals surface area contributed by atoms with Crippen LogP contribution in [-0.2, 0) is 18.1 Å². The Labute approximate surface area is 111 Å². The molecular formula is C12H25NO4Si. The second-order valence-electron chi connectivity index (χ2n) is 3.56. The molecule has 18 heavy (non-hydrogen) atoms. The van der Waals surface area contributed by atoms with Crippen LogP contribution in [0.15, 0.2) is 12.3 Å². The molecule has 0 aromatic heterocycles. The molecule has 1 saturated heterocycles. The maximum Gasteiger partial charge on any atom is 0.528 e. The topological polar surface area (TPSA) is 56.8 Å². The molecule has 0 aliphatic carbocycles. The number of carbonyl (C=O) groups excluding carboxylic acids is 1. The van der Waals surface area contributed by atoms with Gasteiger partial charge in [0.05, 0.1) is 0 Å². The van der Waals surface area contributed by atoms with E-state index in [2.05, 4.69) is 11.9 Å². The highest BCUT2D eigenvalue weighted by atomic mass is 28.4. The summed E-state index contributed by atoms with van der Waals surface area (Å²) in [6.07, 6.45) is 1.76. The number of rotatable bonds is 7. The second-order valence-corrected chi connectivity index (χ2v) is 6.04. The van der Waals surface area contributed by atoms with Crippen molar-refractivity contribution in [3.63, 3.8) is 0 Å². The number of amides is 1. The third-order valence-corrected chi connectivity index (χ3v) is 4.76. The molecule has 1 aliphatic rings. The molecule has 6 heteroatoms. The fourth-order valence-electron chi connectivity index (χ4n) is 1.47. The first kappa shape index (κ1) is 17.3. The van der Waals surface area contributed by atoms with Gasteiger partial charge in [-0.25, -0.2) is 0 Å². The average molecular weight is 275 g/mol. The minimum Gasteiger partial charge on any atom is -0.371 e. The van der Waals surface area contributed by atoms with Gasteiger partial charge in [-0.3, -0.25) is 4.79 Å². The molecule has 1 aliphatic heterocycles. The minimum atomic E-state index is -2.51. The van der Waals surface area contributed by atoms with Crippen LogP contribution in [0.2, 0.25) is 0 Å². The lowest BCUT2D eigenvalue weighted by Crippen LogP contribution is -2.44. The van der Waals surface area contributed by atoms with Gasteiger partial charge in [-0.15, -0.1) is 0 Å². The number of carbonyl (C=O) groups is 1. The summed E-state index contributed by atoms with van der Waals surface area (Å²) in [5.74, 6) is 0.204. The maximum absolute atomic E-state index is 10.1. The number of hydrogen-bond acceptors (Lipinski definition) is 4. The minimum absolute atomic E-state index is 0.204. The summed E-state index contributed by atoms with van der Waals surface area (Å²) < 4.78 is 16.3. The van der Waals surface area contributed by atoms with Gasteiger partial charge in [0.1, 0.15) is 0 Å². The maximum atomic E-state index is 10.1. The molecule has 0 bridgehead atoms. The first-order chi connectivity index (χ1) is 8.64. The highest BCUT2D eigenvalue weighted by Gasteiger charge is 2.36. The van der Waals surface area contributed by atoms with Gasteiger partial charge < -0.3 is 18.6 Å². The van der Waals surface area contributed by atoms with E-state index in [9.17, 15) is 4.79 Å². The van der Waals surface area contributed by atoms with Gasteiger partial charge in [0, 0.05) is 32.8 Å². The van der Waals surface area contributed by atoms with Crippen LogP contribution in [-0.4, -0.2) is 41.1 Å². The van der Waals surface area contributed by atoms with Crippen LogP contribution in [0.3, 0.4) is 0 Å². The fraction of sp³-hybridized carbons (Fsp3) is 0.750. The molecule has 1 N–H and O–H groups in total. The zero-order chi connectivity index (χ0) is 13.9. The third kappa shape index (κ3) is 6.90. The zero-order valence-electron chi connectivity index (χ0n) is 11.7. The Morgan fingerprint density at radius 3 is 1.89 bits per heavy atom. The molecule has 1 rings (SSSR count). The predicted octanol–water partition coefficient (Wildman–Crippen LogP) is 1.66. The average Bonchev–Trinajstić information content (AvgIpc) is 2.82. The molecular weight excluding hydrogens is 250 g/mol. The normalized spacial score (nSPS) is 14.7. The zero-order valence-corrected chi connectivity index (χ0v) is 12.7. The molecule has 106 valence electrons. The van der Waals surface area contributed by atoms with Crippen LogP contribution < -0.4 is 5.32 Å². The van der Waals surface area contributed by atoms with E-state index in [1.54, 1.807) is 5.70 Å². The second kappa shape index (κ2) is 10.2. The lowest BCUT2D eigenvalue weighted by molar-refractivity contribution is -0.119. The van der Waals surface area contributed by atoms with E-state index in [-0.39, 0.29) is 5.91 Å². The Balaban J connectivity index is 0.000000397. The number of nitrogens with one attached hydrogen (secondary N) is 1. The standard InChI is InChI=1S/C8H18O3Si.C4H7NO/c1-5-9-12(8-4,10-6-2)11-7-3;6-4-2-1-3-5-4/h8H,4-7H2,1-3H3;1-3H2,(H,5,6). The van der Waals surface area contributed by atoms with Gasteiger partial charge in [0.15, 0.2) is 0 Å². The molecule has 1 fully saturated rings. The Hall–Kier alpha value is -0.693. The molecule has 0 spiro atoms. The van der Waals surface area contributed by atoms with Crippen molar-refractivity contribution in [2.75, 3.05) is 26.4 Å². The van der Waals surface area contributed by atoms with Gasteiger partial charge in [-0.05, 0) is 32.9 Å². The summed E-state index contributed by atoms with van der Waals surface area (Å²) in [6.45, 7) is 12.1. The summed E-state index contributed by atoms with van der Waals surface area (Å²) in [5, 5.41) is 2.68. The molecule has 0 radical (unpaired) electrons. The highest BCUT2D eigenvalue weighted by Crippen LogP contribution is 2.10. The summed E-state index contributed by atoms with van der Waals surface area (Å²) in [4.78, 5) is 10.1. The van der Waals surface area contributed by atoms with Crippen LogP contribution >= 0.6 is 0 Å². The summed E-state index contributed by atoms with van der Waals surface area (Å²) in [6, 6.07) is 0. The van der Waals surface area contributed by atoms with E-state index >= 15 is 0 Å². The molecule has 0 atom stereocenters. The molecule has 1 heterocycles. The van der Waals surface area contributed by atoms with Crippen LogP contribution in [0.5, 0.6) is 0 Å². The SMILES string of the molecule is C=C[Si](OCC)(OCC)OCC.O=C1CCCN1.